The molecule has 0 bridgehead atoms. The van der Waals surface area contributed by atoms with Crippen molar-refractivity contribution in [2.24, 2.45) is 5.92 Å². The highest BCUT2D eigenvalue weighted by molar-refractivity contribution is 5.90. The van der Waals surface area contributed by atoms with Crippen LogP contribution in [0.5, 0.6) is 0 Å². The van der Waals surface area contributed by atoms with E-state index in [-0.39, 0.29) is 5.41 Å². The molecule has 7 aromatic rings. The first-order valence-corrected chi connectivity index (χ1v) is 20.4. The fourth-order valence-corrected chi connectivity index (χ4v) is 9.35. The Morgan fingerprint density at radius 2 is 0.927 bits per heavy atom. The second-order valence-electron chi connectivity index (χ2n) is 15.5. The standard InChI is InChI=1S/C53H50N2/c1-3-5-18-39(4-2)38-53(42-30-29-40-27-28-41(40)35-42)51-36-47(54(43-19-10-6-11-20-43)44-21-12-7-13-22-44)31-33-49(51)50-34-32-48(37-52(50)53)55(45-23-14-8-15-24-45)46-25-16-9-17-26-46/h6-17,19-26,29-37,39H,3-5,18,27-28,38H2,1-2H3. The third-order valence-corrected chi connectivity index (χ3v) is 12.3. The molecule has 0 fully saturated rings. The maximum absolute atomic E-state index is 2.59. The van der Waals surface area contributed by atoms with Gasteiger partial charge in [0.05, 0.1) is 0 Å². The molecule has 2 nitrogen and oxygen atoms in total. The molecule has 0 radical (unpaired) electrons. The van der Waals surface area contributed by atoms with E-state index in [1.54, 1.807) is 0 Å². The molecule has 0 aliphatic heterocycles. The number of hydrogen-bond donors (Lipinski definition) is 0. The Hall–Kier alpha value is -5.86. The van der Waals surface area contributed by atoms with Crippen LogP contribution in [-0.4, -0.2) is 0 Å². The van der Waals surface area contributed by atoms with Crippen molar-refractivity contribution in [2.75, 3.05) is 9.80 Å². The normalized spacial score (nSPS) is 13.9. The molecule has 1 atom stereocenters. The highest BCUT2D eigenvalue weighted by atomic mass is 15.1. The SMILES string of the molecule is CCCCC(CC)CC1(c2ccc3c(c2)CC3)c2cc(N(c3ccccc3)c3ccccc3)ccc2-c2ccc(N(c3ccccc3)c3ccccc3)cc21. The molecule has 0 spiro atoms. The van der Waals surface area contributed by atoms with Crippen LogP contribution >= 0.6 is 0 Å². The molecule has 0 amide bonds. The number of rotatable bonds is 13. The largest absolute Gasteiger partial charge is 0.310 e. The monoisotopic (exact) mass is 714 g/mol. The van der Waals surface area contributed by atoms with Gasteiger partial charge in [-0.25, -0.2) is 0 Å². The molecular weight excluding hydrogens is 665 g/mol. The average Bonchev–Trinajstić information content (AvgIpc) is 3.50. The van der Waals surface area contributed by atoms with E-state index in [0.29, 0.717) is 5.92 Å². The lowest BCUT2D eigenvalue weighted by atomic mass is 9.65. The van der Waals surface area contributed by atoms with Crippen molar-refractivity contribution in [3.05, 3.63) is 204 Å². The van der Waals surface area contributed by atoms with Crippen LogP contribution in [0.3, 0.4) is 0 Å². The minimum Gasteiger partial charge on any atom is -0.310 e. The van der Waals surface area contributed by atoms with Crippen molar-refractivity contribution in [3.63, 3.8) is 0 Å². The Morgan fingerprint density at radius 1 is 0.473 bits per heavy atom. The van der Waals surface area contributed by atoms with Gasteiger partial charge in [0.1, 0.15) is 0 Å². The maximum Gasteiger partial charge on any atom is 0.0467 e. The molecule has 55 heavy (non-hydrogen) atoms. The smallest absolute Gasteiger partial charge is 0.0467 e. The number of unbranched alkanes of at least 4 members (excludes halogenated alkanes) is 1. The summed E-state index contributed by atoms with van der Waals surface area (Å²) in [6.07, 6.45) is 8.30. The van der Waals surface area contributed by atoms with E-state index in [0.717, 1.165) is 42.0 Å². The Balaban J connectivity index is 1.31. The quantitative estimate of drug-likeness (QED) is 0.117. The van der Waals surface area contributed by atoms with Crippen molar-refractivity contribution < 1.29 is 0 Å². The van der Waals surface area contributed by atoms with E-state index in [1.807, 2.05) is 0 Å². The first kappa shape index (κ1) is 34.9. The van der Waals surface area contributed by atoms with Gasteiger partial charge in [-0.3, -0.25) is 0 Å². The van der Waals surface area contributed by atoms with Gasteiger partial charge in [-0.2, -0.15) is 0 Å². The van der Waals surface area contributed by atoms with Crippen molar-refractivity contribution in [3.8, 4) is 11.1 Å². The van der Waals surface area contributed by atoms with E-state index in [1.165, 1.54) is 76.0 Å². The van der Waals surface area contributed by atoms with Crippen LogP contribution in [0.25, 0.3) is 11.1 Å². The summed E-state index contributed by atoms with van der Waals surface area (Å²) in [7, 11) is 0. The predicted molar refractivity (Wildman–Crippen MR) is 233 cm³/mol. The highest BCUT2D eigenvalue weighted by Gasteiger charge is 2.47. The van der Waals surface area contributed by atoms with Gasteiger partial charge >= 0.3 is 0 Å². The highest BCUT2D eigenvalue weighted by Crippen LogP contribution is 2.59. The molecule has 0 aromatic heterocycles. The molecule has 0 N–H and O–H groups in total. The van der Waals surface area contributed by atoms with Gasteiger partial charge in [0.15, 0.2) is 0 Å². The Bertz CT molecular complexity index is 2170. The Labute approximate surface area is 327 Å². The molecule has 7 aromatic carbocycles. The topological polar surface area (TPSA) is 6.48 Å². The summed E-state index contributed by atoms with van der Waals surface area (Å²) >= 11 is 0. The van der Waals surface area contributed by atoms with Gasteiger partial charge in [0.2, 0.25) is 0 Å². The van der Waals surface area contributed by atoms with Crippen LogP contribution in [-0.2, 0) is 18.3 Å². The first-order chi connectivity index (χ1) is 27.2. The zero-order chi connectivity index (χ0) is 37.2. The molecular formula is C53H50N2. The van der Waals surface area contributed by atoms with Crippen molar-refractivity contribution in [1.82, 2.24) is 0 Å². The number of para-hydroxylation sites is 4. The number of hydrogen-bond acceptors (Lipinski definition) is 2. The van der Waals surface area contributed by atoms with Crippen molar-refractivity contribution in [1.29, 1.82) is 0 Å². The fraction of sp³-hybridized carbons (Fsp3) is 0.208. The van der Waals surface area contributed by atoms with Gasteiger partial charge < -0.3 is 9.80 Å². The molecule has 2 aliphatic rings. The van der Waals surface area contributed by atoms with Gasteiger partial charge in [0.25, 0.3) is 0 Å². The van der Waals surface area contributed by atoms with E-state index >= 15 is 0 Å². The summed E-state index contributed by atoms with van der Waals surface area (Å²) < 4.78 is 0. The summed E-state index contributed by atoms with van der Waals surface area (Å²) in [6.45, 7) is 4.75. The minimum absolute atomic E-state index is 0.326. The third-order valence-electron chi connectivity index (χ3n) is 12.3. The van der Waals surface area contributed by atoms with Crippen molar-refractivity contribution >= 4 is 34.1 Å². The zero-order valence-corrected chi connectivity index (χ0v) is 32.2. The van der Waals surface area contributed by atoms with Crippen LogP contribution in [0.1, 0.15) is 73.8 Å². The Kier molecular flexibility index (Phi) is 9.58. The molecule has 1 unspecified atom stereocenters. The summed E-state index contributed by atoms with van der Waals surface area (Å²) in [5.41, 5.74) is 16.7. The van der Waals surface area contributed by atoms with Crippen LogP contribution in [0, 0.1) is 5.92 Å². The molecule has 9 rings (SSSR count). The predicted octanol–water partition coefficient (Wildman–Crippen LogP) is 14.6. The number of fused-ring (bicyclic) bond motifs is 4. The zero-order valence-electron chi connectivity index (χ0n) is 32.2. The third kappa shape index (κ3) is 6.34. The number of nitrogens with zero attached hydrogens (tertiary/aromatic N) is 2. The summed E-state index contributed by atoms with van der Waals surface area (Å²) in [5, 5.41) is 0. The van der Waals surface area contributed by atoms with Gasteiger partial charge in [0, 0.05) is 39.5 Å². The molecule has 0 saturated carbocycles. The van der Waals surface area contributed by atoms with E-state index < -0.39 is 0 Å². The summed E-state index contributed by atoms with van der Waals surface area (Å²) in [6, 6.07) is 65.6. The molecule has 2 heteroatoms. The van der Waals surface area contributed by atoms with Crippen LogP contribution in [0.15, 0.2) is 176 Å². The van der Waals surface area contributed by atoms with Gasteiger partial charge in [-0.05, 0) is 137 Å². The second kappa shape index (κ2) is 15.1. The molecule has 0 heterocycles. The fourth-order valence-electron chi connectivity index (χ4n) is 9.35. The second-order valence-corrected chi connectivity index (χ2v) is 15.5. The van der Waals surface area contributed by atoms with E-state index in [4.69, 9.17) is 0 Å². The number of aryl methyl sites for hydroxylation is 2. The van der Waals surface area contributed by atoms with Gasteiger partial charge in [-0.1, -0.05) is 143 Å². The van der Waals surface area contributed by atoms with Crippen LogP contribution in [0.4, 0.5) is 34.1 Å². The Morgan fingerprint density at radius 3 is 1.31 bits per heavy atom. The maximum atomic E-state index is 2.59. The number of benzene rings is 7. The lowest BCUT2D eigenvalue weighted by Gasteiger charge is -2.38. The average molecular weight is 715 g/mol. The summed E-state index contributed by atoms with van der Waals surface area (Å²) in [5.74, 6) is 0.579. The van der Waals surface area contributed by atoms with Crippen LogP contribution in [0.2, 0.25) is 0 Å². The molecule has 2 aliphatic carbocycles. The van der Waals surface area contributed by atoms with E-state index in [2.05, 4.69) is 200 Å². The first-order valence-electron chi connectivity index (χ1n) is 20.4. The molecule has 272 valence electrons. The van der Waals surface area contributed by atoms with Crippen LogP contribution < -0.4 is 9.80 Å². The van der Waals surface area contributed by atoms with Gasteiger partial charge in [-0.15, -0.1) is 0 Å². The summed E-state index contributed by atoms with van der Waals surface area (Å²) in [4.78, 5) is 4.86. The molecule has 0 saturated heterocycles. The van der Waals surface area contributed by atoms with Crippen molar-refractivity contribution in [2.45, 2.75) is 64.2 Å². The van der Waals surface area contributed by atoms with E-state index in [9.17, 15) is 0 Å². The lowest BCUT2D eigenvalue weighted by Crippen LogP contribution is -2.31. The minimum atomic E-state index is -0.326. The number of anilines is 6. The lowest BCUT2D eigenvalue weighted by molar-refractivity contribution is 0.362.